The van der Waals surface area contributed by atoms with Gasteiger partial charge in [0.05, 0.1) is 0 Å². The second kappa shape index (κ2) is 3.13. The van der Waals surface area contributed by atoms with E-state index in [0.29, 0.717) is 13.0 Å². The Bertz CT molecular complexity index is 87.1. The van der Waals surface area contributed by atoms with Crippen LogP contribution in [0.15, 0.2) is 0 Å². The van der Waals surface area contributed by atoms with Crippen LogP contribution < -0.4 is 11.1 Å². The van der Waals surface area contributed by atoms with Gasteiger partial charge in [-0.2, -0.15) is 0 Å². The number of halogens is 1. The minimum Gasteiger partial charge on any atom is -0.330 e. The zero-order valence-corrected chi connectivity index (χ0v) is 5.44. The summed E-state index contributed by atoms with van der Waals surface area (Å²) in [6.45, 7) is 2.02. The van der Waals surface area contributed by atoms with Gasteiger partial charge in [0.1, 0.15) is 6.17 Å². The summed E-state index contributed by atoms with van der Waals surface area (Å²) in [7, 11) is 0. The Labute approximate surface area is 54.6 Å². The second-order valence-electron chi connectivity index (χ2n) is 2.50. The van der Waals surface area contributed by atoms with Crippen LogP contribution in [-0.2, 0) is 0 Å². The molecule has 0 aromatic heterocycles. The topological polar surface area (TPSA) is 38.0 Å². The van der Waals surface area contributed by atoms with Crippen LogP contribution in [0.4, 0.5) is 4.39 Å². The largest absolute Gasteiger partial charge is 0.330 e. The summed E-state index contributed by atoms with van der Waals surface area (Å²) in [5.74, 6) is 0.0544. The van der Waals surface area contributed by atoms with Crippen LogP contribution in [0.5, 0.6) is 0 Å². The third-order valence-electron chi connectivity index (χ3n) is 1.82. The smallest absolute Gasteiger partial charge is 0.107 e. The van der Waals surface area contributed by atoms with Crippen molar-refractivity contribution in [2.24, 2.45) is 11.7 Å². The zero-order chi connectivity index (χ0) is 6.69. The molecule has 0 saturated carbocycles. The summed E-state index contributed by atoms with van der Waals surface area (Å²) in [5.41, 5.74) is 5.31. The predicted octanol–water partition coefficient (Wildman–Crippen LogP) is -0.107. The molecule has 0 amide bonds. The third-order valence-corrected chi connectivity index (χ3v) is 1.82. The molecule has 3 N–H and O–H groups in total. The molecule has 9 heavy (non-hydrogen) atoms. The van der Waals surface area contributed by atoms with Crippen LogP contribution in [0.25, 0.3) is 0 Å². The summed E-state index contributed by atoms with van der Waals surface area (Å²) in [4.78, 5) is 0. The summed E-state index contributed by atoms with van der Waals surface area (Å²) in [6.07, 6.45) is -0.0433. The van der Waals surface area contributed by atoms with Gasteiger partial charge in [-0.15, -0.1) is 0 Å². The number of nitrogens with one attached hydrogen (secondary N) is 1. The Morgan fingerprint density at radius 1 is 1.67 bits per heavy atom. The average molecular weight is 132 g/mol. The van der Waals surface area contributed by atoms with Gasteiger partial charge in [0.2, 0.25) is 0 Å². The van der Waals surface area contributed by atoms with E-state index < -0.39 is 6.17 Å². The fourth-order valence-electron chi connectivity index (χ4n) is 1.12. The normalized spacial score (nSPS) is 36.7. The van der Waals surface area contributed by atoms with Crippen molar-refractivity contribution in [1.29, 1.82) is 0 Å². The van der Waals surface area contributed by atoms with E-state index in [1.807, 2.05) is 0 Å². The first-order chi connectivity index (χ1) is 4.34. The van der Waals surface area contributed by atoms with Gasteiger partial charge < -0.3 is 11.1 Å². The molecule has 54 valence electrons. The highest BCUT2D eigenvalue weighted by atomic mass is 19.1. The molecule has 0 aliphatic carbocycles. The lowest BCUT2D eigenvalue weighted by atomic mass is 9.98. The molecular formula is C6H13FN2. The number of alkyl halides is 1. The lowest BCUT2D eigenvalue weighted by Gasteiger charge is -2.24. The molecule has 0 bridgehead atoms. The molecule has 1 heterocycles. The van der Waals surface area contributed by atoms with Crippen molar-refractivity contribution < 1.29 is 4.39 Å². The highest BCUT2D eigenvalue weighted by Gasteiger charge is 2.22. The Balaban J connectivity index is 2.30. The summed E-state index contributed by atoms with van der Waals surface area (Å²) in [5, 5.41) is 3.10. The van der Waals surface area contributed by atoms with Crippen molar-refractivity contribution >= 4 is 0 Å². The maximum atomic E-state index is 12.7. The second-order valence-corrected chi connectivity index (χ2v) is 2.50. The van der Waals surface area contributed by atoms with Crippen molar-refractivity contribution in [3.63, 3.8) is 0 Å². The first-order valence-electron chi connectivity index (χ1n) is 3.39. The maximum absolute atomic E-state index is 12.7. The summed E-state index contributed by atoms with van der Waals surface area (Å²) in [6, 6.07) is 0. The highest BCUT2D eigenvalue weighted by molar-refractivity contribution is 4.77. The number of piperidine rings is 1. The van der Waals surface area contributed by atoms with Crippen LogP contribution in [0.3, 0.4) is 0 Å². The lowest BCUT2D eigenvalue weighted by Crippen LogP contribution is -2.41. The lowest BCUT2D eigenvalue weighted by molar-refractivity contribution is 0.184. The van der Waals surface area contributed by atoms with Gasteiger partial charge in [0, 0.05) is 12.5 Å². The van der Waals surface area contributed by atoms with E-state index in [1.165, 1.54) is 0 Å². The van der Waals surface area contributed by atoms with Gasteiger partial charge in [-0.25, -0.2) is 4.39 Å². The standard InChI is InChI=1S/C6H13FN2/c7-6-1-2-9-4-5(6)3-8/h5-6,9H,1-4,8H2/t5-,6-/m0/s1. The fourth-order valence-corrected chi connectivity index (χ4v) is 1.12. The van der Waals surface area contributed by atoms with E-state index in [1.54, 1.807) is 0 Å². The summed E-state index contributed by atoms with van der Waals surface area (Å²) < 4.78 is 12.7. The molecule has 1 fully saturated rings. The van der Waals surface area contributed by atoms with Crippen LogP contribution in [-0.4, -0.2) is 25.8 Å². The molecule has 0 spiro atoms. The van der Waals surface area contributed by atoms with E-state index >= 15 is 0 Å². The van der Waals surface area contributed by atoms with E-state index in [-0.39, 0.29) is 5.92 Å². The average Bonchev–Trinajstić information content (AvgIpc) is 1.89. The SMILES string of the molecule is NC[C@H]1CNCC[C@@H]1F. The van der Waals surface area contributed by atoms with Crippen molar-refractivity contribution in [1.82, 2.24) is 5.32 Å². The minimum absolute atomic E-state index is 0.0544. The fraction of sp³-hybridized carbons (Fsp3) is 1.00. The number of nitrogens with two attached hydrogens (primary N) is 1. The van der Waals surface area contributed by atoms with Crippen LogP contribution in [0, 0.1) is 5.92 Å². The minimum atomic E-state index is -0.670. The molecule has 0 aromatic rings. The number of hydrogen-bond donors (Lipinski definition) is 2. The van der Waals surface area contributed by atoms with Crippen molar-refractivity contribution in [3.8, 4) is 0 Å². The van der Waals surface area contributed by atoms with Gasteiger partial charge in [-0.3, -0.25) is 0 Å². The molecule has 0 unspecified atom stereocenters. The van der Waals surface area contributed by atoms with Crippen molar-refractivity contribution in [2.75, 3.05) is 19.6 Å². The Morgan fingerprint density at radius 3 is 2.89 bits per heavy atom. The highest BCUT2D eigenvalue weighted by Crippen LogP contribution is 2.12. The Hall–Kier alpha value is -0.150. The Morgan fingerprint density at radius 2 is 2.44 bits per heavy atom. The predicted molar refractivity (Wildman–Crippen MR) is 34.9 cm³/mol. The molecular weight excluding hydrogens is 119 g/mol. The zero-order valence-electron chi connectivity index (χ0n) is 5.44. The number of rotatable bonds is 1. The summed E-state index contributed by atoms with van der Waals surface area (Å²) >= 11 is 0. The van der Waals surface area contributed by atoms with Crippen molar-refractivity contribution in [2.45, 2.75) is 12.6 Å². The molecule has 2 nitrogen and oxygen atoms in total. The van der Waals surface area contributed by atoms with Gasteiger partial charge in [-0.1, -0.05) is 0 Å². The van der Waals surface area contributed by atoms with E-state index in [9.17, 15) is 4.39 Å². The van der Waals surface area contributed by atoms with E-state index in [0.717, 1.165) is 13.1 Å². The molecule has 1 saturated heterocycles. The molecule has 1 rings (SSSR count). The van der Waals surface area contributed by atoms with Gasteiger partial charge in [-0.05, 0) is 19.5 Å². The molecule has 2 atom stereocenters. The van der Waals surface area contributed by atoms with Gasteiger partial charge >= 0.3 is 0 Å². The van der Waals surface area contributed by atoms with Crippen molar-refractivity contribution in [3.05, 3.63) is 0 Å². The monoisotopic (exact) mass is 132 g/mol. The Kier molecular flexibility index (Phi) is 2.42. The maximum Gasteiger partial charge on any atom is 0.107 e. The van der Waals surface area contributed by atoms with Gasteiger partial charge in [0.25, 0.3) is 0 Å². The van der Waals surface area contributed by atoms with Crippen LogP contribution >= 0.6 is 0 Å². The molecule has 0 radical (unpaired) electrons. The quantitative estimate of drug-likeness (QED) is 0.522. The number of hydrogen-bond acceptors (Lipinski definition) is 2. The van der Waals surface area contributed by atoms with E-state index in [2.05, 4.69) is 5.32 Å². The molecule has 1 aliphatic rings. The first kappa shape index (κ1) is 6.96. The third kappa shape index (κ3) is 1.63. The van der Waals surface area contributed by atoms with E-state index in [4.69, 9.17) is 5.73 Å². The molecule has 1 aliphatic heterocycles. The first-order valence-corrected chi connectivity index (χ1v) is 3.39. The van der Waals surface area contributed by atoms with Gasteiger partial charge in [0.15, 0.2) is 0 Å². The molecule has 3 heteroatoms. The van der Waals surface area contributed by atoms with Crippen LogP contribution in [0.2, 0.25) is 0 Å². The van der Waals surface area contributed by atoms with Crippen LogP contribution in [0.1, 0.15) is 6.42 Å². The molecule has 0 aromatic carbocycles.